The molecule has 0 unspecified atom stereocenters. The Morgan fingerprint density at radius 3 is 2.60 bits per heavy atom. The number of benzene rings is 1. The van der Waals surface area contributed by atoms with Crippen LogP contribution in [0.3, 0.4) is 0 Å². The number of H-pyrrole nitrogens is 2. The number of carbonyl (C=O) groups excluding carboxylic acids is 1. The van der Waals surface area contributed by atoms with Crippen LogP contribution in [0.4, 0.5) is 5.95 Å². The van der Waals surface area contributed by atoms with Crippen molar-refractivity contribution >= 4 is 22.9 Å². The predicted molar refractivity (Wildman–Crippen MR) is 96.7 cm³/mol. The van der Waals surface area contributed by atoms with Crippen molar-refractivity contribution in [1.82, 2.24) is 25.1 Å². The van der Waals surface area contributed by atoms with Gasteiger partial charge < -0.3 is 14.8 Å². The molecule has 0 saturated carbocycles. The van der Waals surface area contributed by atoms with E-state index in [0.29, 0.717) is 19.5 Å². The Morgan fingerprint density at radius 1 is 1.16 bits per heavy atom. The number of piperazine rings is 1. The number of aromatic nitrogens is 4. The summed E-state index contributed by atoms with van der Waals surface area (Å²) < 4.78 is 0. The molecule has 1 aliphatic rings. The standard InChI is InChI=1S/C18H22N6O/c1-12-14(13(2)22-21-12)11-17(25)23-7-9-24(10-8-23)18-19-15-5-3-4-6-16(15)20-18/h3-6H,7-11H2,1-2H3,(H,19,20)(H,21,22). The van der Waals surface area contributed by atoms with Crippen LogP contribution in [0.5, 0.6) is 0 Å². The van der Waals surface area contributed by atoms with E-state index in [0.717, 1.165) is 47.0 Å². The van der Waals surface area contributed by atoms with Gasteiger partial charge in [0.2, 0.25) is 11.9 Å². The maximum Gasteiger partial charge on any atom is 0.227 e. The van der Waals surface area contributed by atoms with Crippen LogP contribution in [0.15, 0.2) is 24.3 Å². The van der Waals surface area contributed by atoms with E-state index in [1.54, 1.807) is 0 Å². The number of nitrogens with zero attached hydrogens (tertiary/aromatic N) is 4. The fraction of sp³-hybridized carbons (Fsp3) is 0.389. The highest BCUT2D eigenvalue weighted by molar-refractivity contribution is 5.80. The topological polar surface area (TPSA) is 80.9 Å². The first-order valence-electron chi connectivity index (χ1n) is 8.60. The zero-order valence-corrected chi connectivity index (χ0v) is 14.5. The van der Waals surface area contributed by atoms with E-state index in [9.17, 15) is 4.79 Å². The Bertz CT molecular complexity index is 851. The van der Waals surface area contributed by atoms with E-state index in [4.69, 9.17) is 0 Å². The molecule has 130 valence electrons. The van der Waals surface area contributed by atoms with Crippen molar-refractivity contribution in [3.8, 4) is 0 Å². The van der Waals surface area contributed by atoms with Crippen LogP contribution in [-0.2, 0) is 11.2 Å². The van der Waals surface area contributed by atoms with Crippen molar-refractivity contribution < 1.29 is 4.79 Å². The molecule has 0 atom stereocenters. The van der Waals surface area contributed by atoms with Crippen LogP contribution >= 0.6 is 0 Å². The number of fused-ring (bicyclic) bond motifs is 1. The zero-order chi connectivity index (χ0) is 17.4. The van der Waals surface area contributed by atoms with Crippen molar-refractivity contribution in [3.05, 3.63) is 41.2 Å². The first-order valence-corrected chi connectivity index (χ1v) is 8.60. The summed E-state index contributed by atoms with van der Waals surface area (Å²) >= 11 is 0. The van der Waals surface area contributed by atoms with Gasteiger partial charge >= 0.3 is 0 Å². The van der Waals surface area contributed by atoms with Gasteiger partial charge in [-0.05, 0) is 26.0 Å². The number of para-hydroxylation sites is 2. The minimum absolute atomic E-state index is 0.164. The molecular formula is C18H22N6O. The van der Waals surface area contributed by atoms with Gasteiger partial charge in [0.1, 0.15) is 0 Å². The third-order valence-electron chi connectivity index (χ3n) is 4.92. The first-order chi connectivity index (χ1) is 12.1. The van der Waals surface area contributed by atoms with Gasteiger partial charge in [-0.1, -0.05) is 12.1 Å². The fourth-order valence-electron chi connectivity index (χ4n) is 3.35. The highest BCUT2D eigenvalue weighted by atomic mass is 16.2. The van der Waals surface area contributed by atoms with Crippen LogP contribution in [0, 0.1) is 13.8 Å². The minimum atomic E-state index is 0.164. The van der Waals surface area contributed by atoms with Crippen LogP contribution < -0.4 is 4.90 Å². The number of hydrogen-bond acceptors (Lipinski definition) is 4. The van der Waals surface area contributed by atoms with Gasteiger partial charge in [0.15, 0.2) is 0 Å². The van der Waals surface area contributed by atoms with Crippen LogP contribution in [-0.4, -0.2) is 57.2 Å². The lowest BCUT2D eigenvalue weighted by atomic mass is 10.1. The number of hydrogen-bond donors (Lipinski definition) is 2. The second kappa shape index (κ2) is 6.23. The first kappa shape index (κ1) is 15.7. The Morgan fingerprint density at radius 2 is 1.92 bits per heavy atom. The summed E-state index contributed by atoms with van der Waals surface area (Å²) in [5.74, 6) is 1.05. The molecule has 1 amide bonds. The molecule has 0 bridgehead atoms. The number of aryl methyl sites for hydroxylation is 2. The summed E-state index contributed by atoms with van der Waals surface area (Å²) in [6.45, 7) is 6.90. The molecule has 4 rings (SSSR count). The average Bonchev–Trinajstić information content (AvgIpc) is 3.20. The molecule has 7 heteroatoms. The lowest BCUT2D eigenvalue weighted by Gasteiger charge is -2.34. The van der Waals surface area contributed by atoms with Gasteiger partial charge in [-0.25, -0.2) is 4.98 Å². The number of nitrogens with one attached hydrogen (secondary N) is 2. The fourth-order valence-corrected chi connectivity index (χ4v) is 3.35. The Labute approximate surface area is 146 Å². The largest absolute Gasteiger partial charge is 0.339 e. The van der Waals surface area contributed by atoms with Gasteiger partial charge in [0, 0.05) is 37.4 Å². The monoisotopic (exact) mass is 338 g/mol. The Kier molecular flexibility index (Phi) is 3.91. The third-order valence-corrected chi connectivity index (χ3v) is 4.92. The molecule has 1 aromatic carbocycles. The summed E-state index contributed by atoms with van der Waals surface area (Å²) in [5, 5.41) is 7.12. The van der Waals surface area contributed by atoms with Crippen molar-refractivity contribution in [2.75, 3.05) is 31.1 Å². The number of amides is 1. The van der Waals surface area contributed by atoms with Gasteiger partial charge in [0.05, 0.1) is 23.1 Å². The number of carbonyl (C=O) groups is 1. The van der Waals surface area contributed by atoms with E-state index >= 15 is 0 Å². The molecule has 25 heavy (non-hydrogen) atoms. The van der Waals surface area contributed by atoms with Crippen molar-refractivity contribution in [1.29, 1.82) is 0 Å². The molecule has 1 aliphatic heterocycles. The minimum Gasteiger partial charge on any atom is -0.339 e. The van der Waals surface area contributed by atoms with Gasteiger partial charge in [-0.15, -0.1) is 0 Å². The maximum absolute atomic E-state index is 12.6. The molecule has 1 fully saturated rings. The highest BCUT2D eigenvalue weighted by Gasteiger charge is 2.24. The number of aromatic amines is 2. The van der Waals surface area contributed by atoms with Crippen LogP contribution in [0.25, 0.3) is 11.0 Å². The molecule has 2 N–H and O–H groups in total. The molecule has 1 saturated heterocycles. The molecule has 3 heterocycles. The summed E-state index contributed by atoms with van der Waals surface area (Å²) in [5.41, 5.74) is 4.92. The van der Waals surface area contributed by atoms with Gasteiger partial charge in [-0.2, -0.15) is 5.10 Å². The maximum atomic E-state index is 12.6. The van der Waals surface area contributed by atoms with Crippen molar-refractivity contribution in [2.45, 2.75) is 20.3 Å². The van der Waals surface area contributed by atoms with Gasteiger partial charge in [-0.3, -0.25) is 9.89 Å². The predicted octanol–water partition coefficient (Wildman–Crippen LogP) is 1.79. The van der Waals surface area contributed by atoms with Gasteiger partial charge in [0.25, 0.3) is 0 Å². The lowest BCUT2D eigenvalue weighted by molar-refractivity contribution is -0.130. The lowest BCUT2D eigenvalue weighted by Crippen LogP contribution is -2.49. The zero-order valence-electron chi connectivity index (χ0n) is 14.5. The molecule has 3 aromatic rings. The summed E-state index contributed by atoms with van der Waals surface area (Å²) in [7, 11) is 0. The summed E-state index contributed by atoms with van der Waals surface area (Å²) in [4.78, 5) is 24.7. The van der Waals surface area contributed by atoms with E-state index in [1.165, 1.54) is 0 Å². The van der Waals surface area contributed by atoms with Crippen molar-refractivity contribution in [2.24, 2.45) is 0 Å². The second-order valence-electron chi connectivity index (χ2n) is 6.53. The SMILES string of the molecule is Cc1n[nH]c(C)c1CC(=O)N1CCN(c2nc3ccccc3[nH]2)CC1. The van der Waals surface area contributed by atoms with Crippen LogP contribution in [0.1, 0.15) is 17.0 Å². The van der Waals surface area contributed by atoms with E-state index < -0.39 is 0 Å². The summed E-state index contributed by atoms with van der Waals surface area (Å²) in [6.07, 6.45) is 0.415. The molecular weight excluding hydrogens is 316 g/mol. The summed E-state index contributed by atoms with van der Waals surface area (Å²) in [6, 6.07) is 8.02. The number of rotatable bonds is 3. The highest BCUT2D eigenvalue weighted by Crippen LogP contribution is 2.19. The van der Waals surface area contributed by atoms with E-state index in [1.807, 2.05) is 43.0 Å². The third kappa shape index (κ3) is 2.97. The van der Waals surface area contributed by atoms with E-state index in [-0.39, 0.29) is 5.91 Å². The number of imidazole rings is 1. The van der Waals surface area contributed by atoms with Crippen LogP contribution in [0.2, 0.25) is 0 Å². The molecule has 0 radical (unpaired) electrons. The molecule has 0 spiro atoms. The quantitative estimate of drug-likeness (QED) is 0.763. The molecule has 0 aliphatic carbocycles. The number of anilines is 1. The Hall–Kier alpha value is -2.83. The van der Waals surface area contributed by atoms with E-state index in [2.05, 4.69) is 25.1 Å². The average molecular weight is 338 g/mol. The smallest absolute Gasteiger partial charge is 0.227 e. The molecule has 7 nitrogen and oxygen atoms in total. The normalized spacial score (nSPS) is 15.1. The van der Waals surface area contributed by atoms with Crippen molar-refractivity contribution in [3.63, 3.8) is 0 Å². The Balaban J connectivity index is 1.40. The molecule has 2 aromatic heterocycles. The second-order valence-corrected chi connectivity index (χ2v) is 6.53.